The number of nitrogens with one attached hydrogen (secondary N) is 1. The van der Waals surface area contributed by atoms with Gasteiger partial charge < -0.3 is 5.32 Å². The minimum atomic E-state index is -1.12. The number of rotatable bonds is 5. The van der Waals surface area contributed by atoms with Gasteiger partial charge in [0.2, 0.25) is 0 Å². The van der Waals surface area contributed by atoms with Gasteiger partial charge in [0.15, 0.2) is 4.84 Å². The summed E-state index contributed by atoms with van der Waals surface area (Å²) in [7, 11) is 0. The maximum absolute atomic E-state index is 10.9. The molecule has 0 aliphatic heterocycles. The van der Waals surface area contributed by atoms with Crippen LogP contribution in [0.1, 0.15) is 0 Å². The number of alkyl halides is 2. The highest BCUT2D eigenvalue weighted by molar-refractivity contribution is 6.53. The van der Waals surface area contributed by atoms with E-state index in [9.17, 15) is 14.9 Å². The van der Waals surface area contributed by atoms with Crippen LogP contribution in [-0.2, 0) is 11.3 Å². The van der Waals surface area contributed by atoms with E-state index in [4.69, 9.17) is 23.2 Å². The number of nitro groups is 1. The van der Waals surface area contributed by atoms with Gasteiger partial charge in [-0.15, -0.1) is 0 Å². The van der Waals surface area contributed by atoms with Crippen LogP contribution >= 0.6 is 23.2 Å². The van der Waals surface area contributed by atoms with Gasteiger partial charge in [-0.05, 0) is 0 Å². The summed E-state index contributed by atoms with van der Waals surface area (Å²) in [5, 5.41) is 16.5. The van der Waals surface area contributed by atoms with E-state index < -0.39 is 15.7 Å². The third-order valence-corrected chi connectivity index (χ3v) is 2.07. The molecule has 0 fully saturated rings. The van der Waals surface area contributed by atoms with Crippen LogP contribution in [-0.4, -0.2) is 32.0 Å². The van der Waals surface area contributed by atoms with E-state index >= 15 is 0 Å². The van der Waals surface area contributed by atoms with Crippen molar-refractivity contribution in [3.63, 3.8) is 0 Å². The molecule has 1 N–H and O–H groups in total. The van der Waals surface area contributed by atoms with E-state index in [0.29, 0.717) is 6.54 Å². The number of amides is 1. The highest BCUT2D eigenvalue weighted by Crippen LogP contribution is 2.07. The van der Waals surface area contributed by atoms with Gasteiger partial charge in [0.05, 0.1) is 11.5 Å². The van der Waals surface area contributed by atoms with Crippen molar-refractivity contribution in [1.82, 2.24) is 15.1 Å². The lowest BCUT2D eigenvalue weighted by Gasteiger charge is -2.04. The number of halogens is 2. The molecule has 1 aromatic heterocycles. The first-order valence-corrected chi connectivity index (χ1v) is 5.10. The van der Waals surface area contributed by atoms with Gasteiger partial charge in [0.1, 0.15) is 12.4 Å². The fraction of sp³-hybridized carbons (Fsp3) is 0.429. The number of nitrogens with zero attached hydrogens (tertiary/aromatic N) is 3. The second-order valence-electron chi connectivity index (χ2n) is 2.81. The van der Waals surface area contributed by atoms with Crippen LogP contribution < -0.4 is 5.32 Å². The Balaban J connectivity index is 2.37. The Labute approximate surface area is 100 Å². The fourth-order valence-electron chi connectivity index (χ4n) is 0.940. The number of hydrogen-bond acceptors (Lipinski definition) is 4. The molecule has 1 rings (SSSR count). The van der Waals surface area contributed by atoms with E-state index in [2.05, 4.69) is 10.4 Å². The minimum Gasteiger partial charge on any atom is -0.352 e. The van der Waals surface area contributed by atoms with E-state index in [1.54, 1.807) is 0 Å². The van der Waals surface area contributed by atoms with Gasteiger partial charge in [-0.3, -0.25) is 19.6 Å². The summed E-state index contributed by atoms with van der Waals surface area (Å²) in [5.74, 6) is -0.509. The Hall–Kier alpha value is -1.34. The van der Waals surface area contributed by atoms with Crippen molar-refractivity contribution in [3.8, 4) is 0 Å². The predicted octanol–water partition coefficient (Wildman–Crippen LogP) is 0.711. The highest BCUT2D eigenvalue weighted by atomic mass is 35.5. The van der Waals surface area contributed by atoms with Crippen molar-refractivity contribution in [2.75, 3.05) is 6.54 Å². The lowest BCUT2D eigenvalue weighted by molar-refractivity contribution is -0.385. The van der Waals surface area contributed by atoms with Crippen LogP contribution in [0.5, 0.6) is 0 Å². The van der Waals surface area contributed by atoms with E-state index in [1.165, 1.54) is 10.9 Å². The summed E-state index contributed by atoms with van der Waals surface area (Å²) in [5.41, 5.74) is -0.0983. The van der Waals surface area contributed by atoms with Crippen LogP contribution in [0.25, 0.3) is 0 Å². The normalized spacial score (nSPS) is 10.4. The predicted molar refractivity (Wildman–Crippen MR) is 57.4 cm³/mol. The van der Waals surface area contributed by atoms with Crippen molar-refractivity contribution in [2.45, 2.75) is 11.4 Å². The van der Waals surface area contributed by atoms with Gasteiger partial charge >= 0.3 is 5.69 Å². The lowest BCUT2D eigenvalue weighted by Crippen LogP contribution is -2.31. The first kappa shape index (κ1) is 12.7. The molecule has 1 aromatic rings. The largest absolute Gasteiger partial charge is 0.352 e. The summed E-state index contributed by atoms with van der Waals surface area (Å²) in [6.45, 7) is 0.549. The minimum absolute atomic E-state index is 0.0983. The second-order valence-corrected chi connectivity index (χ2v) is 3.91. The molecule has 1 heterocycles. The maximum Gasteiger partial charge on any atom is 0.306 e. The Morgan fingerprint density at radius 1 is 1.69 bits per heavy atom. The Morgan fingerprint density at radius 2 is 2.38 bits per heavy atom. The lowest BCUT2D eigenvalue weighted by atomic mass is 10.5. The smallest absolute Gasteiger partial charge is 0.306 e. The molecule has 0 spiro atoms. The molecule has 0 saturated heterocycles. The standard InChI is InChI=1S/C7H8Cl2N4O3/c8-6(9)7(14)10-1-2-12-4-5(3-11-12)13(15)16/h3-4,6H,1-2H2,(H,10,14). The van der Waals surface area contributed by atoms with Gasteiger partial charge in [-0.1, -0.05) is 23.2 Å². The molecule has 9 heteroatoms. The zero-order valence-corrected chi connectivity index (χ0v) is 9.48. The number of hydrogen-bond donors (Lipinski definition) is 1. The molecule has 0 radical (unpaired) electrons. The molecule has 0 bridgehead atoms. The molecule has 1 amide bonds. The molecule has 0 aromatic carbocycles. The molecular weight excluding hydrogens is 259 g/mol. The van der Waals surface area contributed by atoms with Crippen molar-refractivity contribution >= 4 is 34.8 Å². The number of carbonyl (C=O) groups is 1. The quantitative estimate of drug-likeness (QED) is 0.483. The van der Waals surface area contributed by atoms with Gasteiger partial charge in [0.25, 0.3) is 5.91 Å². The van der Waals surface area contributed by atoms with Crippen LogP contribution in [0, 0.1) is 10.1 Å². The monoisotopic (exact) mass is 266 g/mol. The summed E-state index contributed by atoms with van der Waals surface area (Å²) >= 11 is 10.6. The zero-order chi connectivity index (χ0) is 12.1. The van der Waals surface area contributed by atoms with Gasteiger partial charge in [0, 0.05) is 6.54 Å². The summed E-state index contributed by atoms with van der Waals surface area (Å²) in [6.07, 6.45) is 2.40. The van der Waals surface area contributed by atoms with Crippen LogP contribution in [0.3, 0.4) is 0 Å². The molecule has 16 heavy (non-hydrogen) atoms. The molecule has 88 valence electrons. The molecule has 0 atom stereocenters. The van der Waals surface area contributed by atoms with Crippen LogP contribution in [0.4, 0.5) is 5.69 Å². The number of aromatic nitrogens is 2. The summed E-state index contributed by atoms with van der Waals surface area (Å²) in [6, 6.07) is 0. The van der Waals surface area contributed by atoms with E-state index in [-0.39, 0.29) is 12.2 Å². The molecular formula is C7H8Cl2N4O3. The third kappa shape index (κ3) is 3.67. The SMILES string of the molecule is O=C(NCCn1cc([N+](=O)[O-])cn1)C(Cl)Cl. The summed E-state index contributed by atoms with van der Waals surface area (Å²) < 4.78 is 1.34. The second kappa shape index (κ2) is 5.66. The molecule has 0 aliphatic rings. The molecule has 7 nitrogen and oxygen atoms in total. The fourth-order valence-corrected chi connectivity index (χ4v) is 1.09. The molecule has 0 saturated carbocycles. The van der Waals surface area contributed by atoms with Gasteiger partial charge in [-0.2, -0.15) is 5.10 Å². The first-order chi connectivity index (χ1) is 7.50. The van der Waals surface area contributed by atoms with Crippen molar-refractivity contribution < 1.29 is 9.72 Å². The van der Waals surface area contributed by atoms with Gasteiger partial charge in [-0.25, -0.2) is 0 Å². The topological polar surface area (TPSA) is 90.1 Å². The van der Waals surface area contributed by atoms with Crippen molar-refractivity contribution in [2.24, 2.45) is 0 Å². The molecule has 0 unspecified atom stereocenters. The highest BCUT2D eigenvalue weighted by Gasteiger charge is 2.11. The molecule has 0 aliphatic carbocycles. The maximum atomic E-state index is 10.9. The Kier molecular flexibility index (Phi) is 4.51. The Bertz CT molecular complexity index is 393. The van der Waals surface area contributed by atoms with Crippen molar-refractivity contribution in [1.29, 1.82) is 0 Å². The van der Waals surface area contributed by atoms with Crippen LogP contribution in [0.2, 0.25) is 0 Å². The number of carbonyl (C=O) groups excluding carboxylic acids is 1. The van der Waals surface area contributed by atoms with E-state index in [1.807, 2.05) is 0 Å². The average molecular weight is 267 g/mol. The summed E-state index contributed by atoms with van der Waals surface area (Å²) in [4.78, 5) is 19.6. The van der Waals surface area contributed by atoms with Crippen molar-refractivity contribution in [3.05, 3.63) is 22.5 Å². The zero-order valence-electron chi connectivity index (χ0n) is 7.97. The average Bonchev–Trinajstić information content (AvgIpc) is 2.66. The van der Waals surface area contributed by atoms with E-state index in [0.717, 1.165) is 6.20 Å². The van der Waals surface area contributed by atoms with Crippen LogP contribution in [0.15, 0.2) is 12.4 Å². The third-order valence-electron chi connectivity index (χ3n) is 1.67. The first-order valence-electron chi connectivity index (χ1n) is 4.23. The Morgan fingerprint density at radius 3 is 2.88 bits per heavy atom.